The van der Waals surface area contributed by atoms with E-state index in [1.807, 2.05) is 0 Å². The molecule has 3 aliphatic carbocycles. The maximum Gasteiger partial charge on any atom is 0.418 e. The number of halogens is 6. The van der Waals surface area contributed by atoms with Gasteiger partial charge in [-0.15, -0.1) is 0 Å². The summed E-state index contributed by atoms with van der Waals surface area (Å²) in [5, 5.41) is -13.4. The Morgan fingerprint density at radius 3 is 1.27 bits per heavy atom. The Balaban J connectivity index is 1.99. The summed E-state index contributed by atoms with van der Waals surface area (Å²) in [7, 11) is -14.0. The summed E-state index contributed by atoms with van der Waals surface area (Å²) in [6.07, 6.45) is 10.3. The first kappa shape index (κ1) is 31.6. The highest BCUT2D eigenvalue weighted by Crippen LogP contribution is 2.55. The molecule has 0 amide bonds. The van der Waals surface area contributed by atoms with Gasteiger partial charge in [-0.3, -0.25) is 0 Å². The number of alkyl halides is 6. The summed E-state index contributed by atoms with van der Waals surface area (Å²) in [6.45, 7) is 0. The quantitative estimate of drug-likeness (QED) is 0.218. The summed E-state index contributed by atoms with van der Waals surface area (Å²) in [6, 6.07) is 2.98. The molecule has 228 valence electrons. The molecule has 0 aromatic heterocycles. The van der Waals surface area contributed by atoms with Gasteiger partial charge >= 0.3 is 16.4 Å². The molecular formula is C27H35F6O5S2-. The van der Waals surface area contributed by atoms with E-state index in [0.29, 0.717) is 51.4 Å². The van der Waals surface area contributed by atoms with E-state index in [2.05, 4.69) is 0 Å². The fourth-order valence-electron chi connectivity index (χ4n) is 6.74. The number of hydrogen-bond acceptors (Lipinski definition) is 5. The molecule has 0 heterocycles. The van der Waals surface area contributed by atoms with Crippen molar-refractivity contribution in [2.75, 3.05) is 0 Å². The lowest BCUT2D eigenvalue weighted by molar-refractivity contribution is -0.245. The van der Waals surface area contributed by atoms with Crippen LogP contribution in [-0.4, -0.2) is 37.8 Å². The number of hydrogen-bond donors (Lipinski definition) is 0. The van der Waals surface area contributed by atoms with Crippen LogP contribution in [0.3, 0.4) is 0 Å². The third kappa shape index (κ3) is 5.43. The van der Waals surface area contributed by atoms with E-state index < -0.39 is 53.1 Å². The van der Waals surface area contributed by atoms with Gasteiger partial charge in [0.15, 0.2) is 10.1 Å². The Bertz CT molecular complexity index is 1240. The molecule has 40 heavy (non-hydrogen) atoms. The van der Waals surface area contributed by atoms with Crippen LogP contribution in [0, 0.1) is 0 Å². The largest absolute Gasteiger partial charge is 0.743 e. The Hall–Kier alpha value is -1.34. The first-order valence-electron chi connectivity index (χ1n) is 14.0. The molecule has 0 unspecified atom stereocenters. The van der Waals surface area contributed by atoms with Crippen LogP contribution in [0.4, 0.5) is 26.3 Å². The Morgan fingerprint density at radius 2 is 0.925 bits per heavy atom. The predicted molar refractivity (Wildman–Crippen MR) is 136 cm³/mol. The van der Waals surface area contributed by atoms with E-state index in [1.54, 1.807) is 0 Å². The van der Waals surface area contributed by atoms with Crippen LogP contribution >= 0.6 is 0 Å². The Kier molecular flexibility index (Phi) is 9.00. The van der Waals surface area contributed by atoms with Gasteiger partial charge in [-0.05, 0) is 73.0 Å². The molecule has 0 atom stereocenters. The van der Waals surface area contributed by atoms with Gasteiger partial charge in [-0.2, -0.15) is 26.3 Å². The first-order chi connectivity index (χ1) is 18.5. The summed E-state index contributed by atoms with van der Waals surface area (Å²) in [5.74, 6) is -8.14. The van der Waals surface area contributed by atoms with Crippen molar-refractivity contribution in [3.8, 4) is 0 Å². The molecule has 3 saturated carbocycles. The SMILES string of the molecule is O=S(=O)([O-])C(F)(F)C(F)(F)C(F)(F)S(=O)(=O)c1c(C2CCCCC2)cc(C2CCCCC2)cc1C1CCCCC1. The van der Waals surface area contributed by atoms with Gasteiger partial charge in [0.25, 0.3) is 9.84 Å². The smallest absolute Gasteiger partial charge is 0.418 e. The van der Waals surface area contributed by atoms with Crippen molar-refractivity contribution in [3.05, 3.63) is 28.8 Å². The minimum atomic E-state index is -7.35. The van der Waals surface area contributed by atoms with Crippen molar-refractivity contribution in [1.82, 2.24) is 0 Å². The van der Waals surface area contributed by atoms with Crippen molar-refractivity contribution in [2.45, 2.75) is 135 Å². The minimum absolute atomic E-state index is 0.0204. The van der Waals surface area contributed by atoms with E-state index in [9.17, 15) is 39.0 Å². The molecular weight excluding hydrogens is 582 g/mol. The average Bonchev–Trinajstić information content (AvgIpc) is 2.92. The van der Waals surface area contributed by atoms with Crippen LogP contribution in [0.2, 0.25) is 0 Å². The molecule has 3 aliphatic rings. The molecule has 3 fully saturated rings. The van der Waals surface area contributed by atoms with Gasteiger partial charge < -0.3 is 4.55 Å². The summed E-state index contributed by atoms with van der Waals surface area (Å²) < 4.78 is 149. The fourth-order valence-corrected chi connectivity index (χ4v) is 9.04. The van der Waals surface area contributed by atoms with E-state index >= 15 is 8.78 Å². The molecule has 1 aromatic rings. The van der Waals surface area contributed by atoms with Gasteiger partial charge in [-0.1, -0.05) is 69.9 Å². The minimum Gasteiger partial charge on any atom is -0.743 e. The zero-order valence-electron chi connectivity index (χ0n) is 22.1. The number of sulfone groups is 1. The van der Waals surface area contributed by atoms with Crippen molar-refractivity contribution in [1.29, 1.82) is 0 Å². The van der Waals surface area contributed by atoms with Crippen LogP contribution in [0.5, 0.6) is 0 Å². The maximum absolute atomic E-state index is 15.4. The third-order valence-electron chi connectivity index (χ3n) is 8.99. The second-order valence-electron chi connectivity index (χ2n) is 11.6. The van der Waals surface area contributed by atoms with E-state index in [0.717, 1.165) is 50.5 Å². The normalized spacial score (nSPS) is 22.0. The lowest BCUT2D eigenvalue weighted by Crippen LogP contribution is -2.60. The highest BCUT2D eigenvalue weighted by atomic mass is 32.2. The zero-order chi connectivity index (χ0) is 29.6. The fraction of sp³-hybridized carbons (Fsp3) is 0.778. The van der Waals surface area contributed by atoms with Crippen molar-refractivity contribution in [3.63, 3.8) is 0 Å². The topological polar surface area (TPSA) is 91.3 Å². The van der Waals surface area contributed by atoms with E-state index in [1.165, 1.54) is 12.1 Å². The predicted octanol–water partition coefficient (Wildman–Crippen LogP) is 7.97. The second kappa shape index (κ2) is 11.4. The van der Waals surface area contributed by atoms with Crippen molar-refractivity contribution < 1.29 is 47.7 Å². The Morgan fingerprint density at radius 1 is 0.575 bits per heavy atom. The highest BCUT2D eigenvalue weighted by Gasteiger charge is 2.80. The summed E-state index contributed by atoms with van der Waals surface area (Å²) in [4.78, 5) is -1.09. The number of rotatable bonds is 8. The molecule has 0 aliphatic heterocycles. The lowest BCUT2D eigenvalue weighted by Gasteiger charge is -2.36. The Labute approximate surface area is 231 Å². The molecule has 0 saturated heterocycles. The molecule has 0 spiro atoms. The van der Waals surface area contributed by atoms with Gasteiger partial charge in [0.1, 0.15) is 0 Å². The van der Waals surface area contributed by atoms with Crippen LogP contribution < -0.4 is 0 Å². The lowest BCUT2D eigenvalue weighted by atomic mass is 9.76. The van der Waals surface area contributed by atoms with Crippen LogP contribution in [-0.2, 0) is 20.0 Å². The van der Waals surface area contributed by atoms with Gasteiger partial charge in [-0.25, -0.2) is 16.8 Å². The summed E-state index contributed by atoms with van der Waals surface area (Å²) in [5.41, 5.74) is 0.585. The molecule has 5 nitrogen and oxygen atoms in total. The zero-order valence-corrected chi connectivity index (χ0v) is 23.8. The molecule has 4 rings (SSSR count). The number of benzene rings is 1. The summed E-state index contributed by atoms with van der Waals surface area (Å²) >= 11 is 0. The molecule has 0 radical (unpaired) electrons. The molecule has 1 aromatic carbocycles. The standard InChI is InChI=1S/C27H36F6O5S2/c28-25(29,27(32,33)40(36,37)38)26(30,31)39(34,35)24-22(19-12-6-2-7-13-19)16-21(18-10-4-1-5-11-18)17-23(24)20-14-8-3-9-15-20/h16-20H,1-15H2,(H,36,37,38)/p-1. The van der Waals surface area contributed by atoms with E-state index in [4.69, 9.17) is 0 Å². The molecule has 13 heteroatoms. The van der Waals surface area contributed by atoms with E-state index in [-0.39, 0.29) is 17.0 Å². The van der Waals surface area contributed by atoms with Crippen molar-refractivity contribution >= 4 is 20.0 Å². The van der Waals surface area contributed by atoms with Crippen LogP contribution in [0.15, 0.2) is 17.0 Å². The first-order valence-corrected chi connectivity index (χ1v) is 16.9. The van der Waals surface area contributed by atoms with Crippen LogP contribution in [0.25, 0.3) is 0 Å². The monoisotopic (exact) mass is 617 g/mol. The third-order valence-corrected chi connectivity index (χ3v) is 11.8. The molecule has 0 N–H and O–H groups in total. The maximum atomic E-state index is 15.4. The second-order valence-corrected chi connectivity index (χ2v) is 14.9. The van der Waals surface area contributed by atoms with Gasteiger partial charge in [0.05, 0.1) is 4.90 Å². The molecule has 0 bridgehead atoms. The average molecular weight is 618 g/mol. The van der Waals surface area contributed by atoms with Crippen molar-refractivity contribution in [2.24, 2.45) is 0 Å². The van der Waals surface area contributed by atoms with Gasteiger partial charge in [0.2, 0.25) is 0 Å². The highest BCUT2D eigenvalue weighted by molar-refractivity contribution is 7.92. The van der Waals surface area contributed by atoms with Crippen LogP contribution in [0.1, 0.15) is 131 Å². The van der Waals surface area contributed by atoms with Gasteiger partial charge in [0, 0.05) is 0 Å².